The monoisotopic (exact) mass is 365 g/mol. The van der Waals surface area contributed by atoms with Crippen LogP contribution >= 0.6 is 27.7 Å². The summed E-state index contributed by atoms with van der Waals surface area (Å²) in [5.41, 5.74) is 2.32. The van der Waals surface area contributed by atoms with Crippen molar-refractivity contribution in [3.63, 3.8) is 0 Å². The third-order valence-electron chi connectivity index (χ3n) is 3.85. The van der Waals surface area contributed by atoms with Crippen LogP contribution in [-0.4, -0.2) is 5.75 Å². The van der Waals surface area contributed by atoms with Gasteiger partial charge in [0.2, 0.25) is 0 Å². The van der Waals surface area contributed by atoms with Gasteiger partial charge in [-0.1, -0.05) is 46.3 Å². The molecule has 21 heavy (non-hydrogen) atoms. The van der Waals surface area contributed by atoms with Crippen LogP contribution < -0.4 is 5.32 Å². The number of hydrogen-bond donors (Lipinski definition) is 1. The molecule has 0 amide bonds. The molecule has 110 valence electrons. The molecule has 1 N–H and O–H groups in total. The smallest absolute Gasteiger partial charge is 0.137 e. The maximum absolute atomic E-state index is 13.9. The van der Waals surface area contributed by atoms with E-state index in [1.165, 1.54) is 5.56 Å². The third kappa shape index (κ3) is 3.17. The first-order valence-corrected chi connectivity index (χ1v) is 8.86. The second kappa shape index (κ2) is 6.51. The molecule has 2 aromatic rings. The van der Waals surface area contributed by atoms with Crippen molar-refractivity contribution in [3.05, 3.63) is 63.9 Å². The summed E-state index contributed by atoms with van der Waals surface area (Å²) < 4.78 is 15.0. The van der Waals surface area contributed by atoms with Crippen LogP contribution in [0.3, 0.4) is 0 Å². The molecule has 1 heterocycles. The molecule has 0 spiro atoms. The van der Waals surface area contributed by atoms with Crippen LogP contribution in [0.4, 0.5) is 4.39 Å². The highest BCUT2D eigenvalue weighted by molar-refractivity contribution is 9.10. The van der Waals surface area contributed by atoms with Gasteiger partial charge in [0.05, 0.1) is 0 Å². The minimum atomic E-state index is -0.0995. The Balaban J connectivity index is 1.84. The third-order valence-corrected chi connectivity index (χ3v) is 5.73. The van der Waals surface area contributed by atoms with E-state index in [4.69, 9.17) is 0 Å². The number of benzene rings is 2. The van der Waals surface area contributed by atoms with Crippen molar-refractivity contribution in [1.82, 2.24) is 5.32 Å². The molecule has 0 aromatic heterocycles. The van der Waals surface area contributed by atoms with Gasteiger partial charge in [-0.25, -0.2) is 4.39 Å². The molecule has 1 unspecified atom stereocenters. The molecule has 4 heteroatoms. The summed E-state index contributed by atoms with van der Waals surface area (Å²) in [4.78, 5) is 0.806. The van der Waals surface area contributed by atoms with Crippen LogP contribution in [-0.2, 0) is 0 Å². The van der Waals surface area contributed by atoms with Gasteiger partial charge in [0, 0.05) is 21.5 Å². The van der Waals surface area contributed by atoms with Gasteiger partial charge in [-0.05, 0) is 42.4 Å². The fourth-order valence-electron chi connectivity index (χ4n) is 2.78. The van der Waals surface area contributed by atoms with Gasteiger partial charge in [-0.2, -0.15) is 0 Å². The minimum Gasteiger partial charge on any atom is -0.303 e. The summed E-state index contributed by atoms with van der Waals surface area (Å²) in [7, 11) is 0. The van der Waals surface area contributed by atoms with Crippen LogP contribution in [0.1, 0.15) is 36.6 Å². The molecule has 2 atom stereocenters. The zero-order valence-corrected chi connectivity index (χ0v) is 14.2. The zero-order valence-electron chi connectivity index (χ0n) is 11.8. The molecule has 0 radical (unpaired) electrons. The second-order valence-electron chi connectivity index (χ2n) is 5.26. The lowest BCUT2D eigenvalue weighted by Crippen LogP contribution is -2.27. The maximum atomic E-state index is 13.9. The van der Waals surface area contributed by atoms with Gasteiger partial charge < -0.3 is 5.32 Å². The van der Waals surface area contributed by atoms with E-state index in [0.717, 1.165) is 27.1 Å². The van der Waals surface area contributed by atoms with E-state index in [1.54, 1.807) is 23.9 Å². The summed E-state index contributed by atoms with van der Waals surface area (Å²) >= 11 is 5.22. The maximum Gasteiger partial charge on any atom is 0.137 e. The fraction of sp³-hybridized carbons (Fsp3) is 0.294. The van der Waals surface area contributed by atoms with Gasteiger partial charge in [0.25, 0.3) is 0 Å². The largest absolute Gasteiger partial charge is 0.303 e. The summed E-state index contributed by atoms with van der Waals surface area (Å²) in [5, 5.41) is 3.65. The normalized spacial score (nSPS) is 19.1. The summed E-state index contributed by atoms with van der Waals surface area (Å²) in [5.74, 6) is 0.853. The van der Waals surface area contributed by atoms with Crippen LogP contribution in [0.15, 0.2) is 51.8 Å². The Kier molecular flexibility index (Phi) is 4.67. The van der Waals surface area contributed by atoms with Gasteiger partial charge >= 0.3 is 0 Å². The van der Waals surface area contributed by atoms with Crippen LogP contribution in [0.25, 0.3) is 0 Å². The van der Waals surface area contributed by atoms with Crippen molar-refractivity contribution < 1.29 is 4.39 Å². The van der Waals surface area contributed by atoms with Gasteiger partial charge in [-0.3, -0.25) is 0 Å². The highest BCUT2D eigenvalue weighted by Crippen LogP contribution is 2.39. The van der Waals surface area contributed by atoms with Gasteiger partial charge in [-0.15, -0.1) is 11.8 Å². The van der Waals surface area contributed by atoms with E-state index in [9.17, 15) is 4.39 Å². The fourth-order valence-corrected chi connectivity index (χ4v) is 4.55. The van der Waals surface area contributed by atoms with E-state index in [0.29, 0.717) is 0 Å². The highest BCUT2D eigenvalue weighted by Gasteiger charge is 2.24. The Hall–Kier alpha value is -0.840. The van der Waals surface area contributed by atoms with E-state index in [2.05, 4.69) is 40.3 Å². The molecule has 2 aromatic carbocycles. The predicted molar refractivity (Wildman–Crippen MR) is 90.2 cm³/mol. The van der Waals surface area contributed by atoms with Crippen molar-refractivity contribution in [1.29, 1.82) is 0 Å². The van der Waals surface area contributed by atoms with Crippen LogP contribution in [0.2, 0.25) is 0 Å². The molecule has 0 aliphatic carbocycles. The van der Waals surface area contributed by atoms with Crippen molar-refractivity contribution in [2.75, 3.05) is 5.75 Å². The summed E-state index contributed by atoms with van der Waals surface area (Å²) in [6.45, 7) is 2.15. The number of halogens is 2. The van der Waals surface area contributed by atoms with E-state index < -0.39 is 0 Å². The average Bonchev–Trinajstić information content (AvgIpc) is 2.49. The van der Waals surface area contributed by atoms with Crippen molar-refractivity contribution in [2.45, 2.75) is 30.3 Å². The highest BCUT2D eigenvalue weighted by atomic mass is 79.9. The lowest BCUT2D eigenvalue weighted by molar-refractivity contribution is 0.443. The van der Waals surface area contributed by atoms with Crippen molar-refractivity contribution in [3.8, 4) is 0 Å². The molecule has 0 saturated heterocycles. The molecule has 1 aliphatic rings. The molecule has 0 fully saturated rings. The lowest BCUT2D eigenvalue weighted by atomic mass is 10.0. The Labute approximate surface area is 137 Å². The SMILES string of the molecule is C[C@@H](NC1CCSc2c(F)cccc21)c1ccccc1Br. The first-order valence-electron chi connectivity index (χ1n) is 7.08. The Morgan fingerprint density at radius 2 is 2.05 bits per heavy atom. The van der Waals surface area contributed by atoms with Crippen molar-refractivity contribution >= 4 is 27.7 Å². The molecule has 0 saturated carbocycles. The molecule has 3 rings (SSSR count). The lowest BCUT2D eigenvalue weighted by Gasteiger charge is -2.29. The molecular weight excluding hydrogens is 349 g/mol. The van der Waals surface area contributed by atoms with E-state index in [1.807, 2.05) is 18.2 Å². The quantitative estimate of drug-likeness (QED) is 0.772. The summed E-state index contributed by atoms with van der Waals surface area (Å²) in [6, 6.07) is 14.0. The molecular formula is C17H17BrFNS. The number of rotatable bonds is 3. The van der Waals surface area contributed by atoms with Crippen molar-refractivity contribution in [2.24, 2.45) is 0 Å². The van der Waals surface area contributed by atoms with Gasteiger partial charge in [0.1, 0.15) is 5.82 Å². The number of thioether (sulfide) groups is 1. The van der Waals surface area contributed by atoms with E-state index >= 15 is 0 Å². The number of fused-ring (bicyclic) bond motifs is 1. The minimum absolute atomic E-state index is 0.0995. The van der Waals surface area contributed by atoms with Crippen LogP contribution in [0, 0.1) is 5.82 Å². The van der Waals surface area contributed by atoms with Crippen LogP contribution in [0.5, 0.6) is 0 Å². The number of nitrogens with one attached hydrogen (secondary N) is 1. The Morgan fingerprint density at radius 1 is 1.24 bits per heavy atom. The molecule has 1 aliphatic heterocycles. The summed E-state index contributed by atoms with van der Waals surface area (Å²) in [6.07, 6.45) is 1.02. The van der Waals surface area contributed by atoms with E-state index in [-0.39, 0.29) is 17.9 Å². The Bertz CT molecular complexity index is 646. The first-order chi connectivity index (χ1) is 10.2. The standard InChI is InChI=1S/C17H17BrFNS/c1-11(12-5-2-3-7-14(12)18)20-16-9-10-21-17-13(16)6-4-8-15(17)19/h2-8,11,16,20H,9-10H2,1H3/t11-,16?/m1/s1. The number of hydrogen-bond acceptors (Lipinski definition) is 2. The Morgan fingerprint density at radius 3 is 2.86 bits per heavy atom. The zero-order chi connectivity index (χ0) is 14.8. The molecule has 1 nitrogen and oxygen atoms in total. The second-order valence-corrected chi connectivity index (χ2v) is 7.22. The first kappa shape index (κ1) is 15.1. The topological polar surface area (TPSA) is 12.0 Å². The predicted octanol–water partition coefficient (Wildman–Crippen LogP) is 5.48. The van der Waals surface area contributed by atoms with Gasteiger partial charge in [0.15, 0.2) is 0 Å². The molecule has 0 bridgehead atoms. The average molecular weight is 366 g/mol.